The van der Waals surface area contributed by atoms with E-state index in [1.807, 2.05) is 34.1 Å². The summed E-state index contributed by atoms with van der Waals surface area (Å²) in [6.45, 7) is 6.01. The molecule has 0 bridgehead atoms. The summed E-state index contributed by atoms with van der Waals surface area (Å²) in [6.07, 6.45) is 2.83. The van der Waals surface area contributed by atoms with Gasteiger partial charge in [0.25, 0.3) is 5.91 Å². The molecule has 1 N–H and O–H groups in total. The molecule has 0 aromatic heterocycles. The van der Waals surface area contributed by atoms with Gasteiger partial charge in [0.1, 0.15) is 11.5 Å². The summed E-state index contributed by atoms with van der Waals surface area (Å²) in [5, 5.41) is 3.09. The maximum atomic E-state index is 12.6. The van der Waals surface area contributed by atoms with Crippen LogP contribution in [0.2, 0.25) is 0 Å². The van der Waals surface area contributed by atoms with Crippen molar-refractivity contribution >= 4 is 11.8 Å². The lowest BCUT2D eigenvalue weighted by molar-refractivity contribution is -0.141. The molecule has 0 aliphatic carbocycles. The Kier molecular flexibility index (Phi) is 6.92. The van der Waals surface area contributed by atoms with Crippen molar-refractivity contribution in [3.63, 3.8) is 0 Å². The van der Waals surface area contributed by atoms with E-state index in [1.165, 1.54) is 0 Å². The van der Waals surface area contributed by atoms with Gasteiger partial charge in [0, 0.05) is 32.2 Å². The van der Waals surface area contributed by atoms with Gasteiger partial charge in [0.05, 0.1) is 13.2 Å². The first kappa shape index (κ1) is 19.5. The van der Waals surface area contributed by atoms with Crippen LogP contribution in [0.1, 0.15) is 26.2 Å². The normalized spacial score (nSPS) is 20.5. The van der Waals surface area contributed by atoms with Gasteiger partial charge in [-0.15, -0.1) is 0 Å². The summed E-state index contributed by atoms with van der Waals surface area (Å²) in [4.78, 5) is 28.4. The standard InChI is InChI=1S/C20H29N3O4/c1-2-12-26-17-5-7-18(8-6-17)27-15-20(25)22-10-3-4-16(14-22)23-11-9-21-13-19(23)24/h5-8,16,21H,2-4,9-15H2,1H3. The second kappa shape index (κ2) is 9.60. The molecule has 2 saturated heterocycles. The van der Waals surface area contributed by atoms with E-state index in [1.54, 1.807) is 0 Å². The number of benzene rings is 1. The quantitative estimate of drug-likeness (QED) is 0.777. The summed E-state index contributed by atoms with van der Waals surface area (Å²) in [7, 11) is 0. The van der Waals surface area contributed by atoms with Crippen molar-refractivity contribution in [2.75, 3.05) is 45.9 Å². The van der Waals surface area contributed by atoms with Crippen LogP contribution in [0, 0.1) is 0 Å². The van der Waals surface area contributed by atoms with Gasteiger partial charge in [-0.1, -0.05) is 6.92 Å². The molecule has 2 heterocycles. The van der Waals surface area contributed by atoms with Crippen LogP contribution < -0.4 is 14.8 Å². The molecule has 2 amide bonds. The molecule has 2 aliphatic rings. The molecule has 7 heteroatoms. The number of carbonyl (C=O) groups is 2. The highest BCUT2D eigenvalue weighted by Gasteiger charge is 2.31. The number of amides is 2. The number of hydrogen-bond donors (Lipinski definition) is 1. The Labute approximate surface area is 160 Å². The topological polar surface area (TPSA) is 71.1 Å². The van der Waals surface area contributed by atoms with E-state index in [2.05, 4.69) is 12.2 Å². The third kappa shape index (κ3) is 5.35. The number of hydrogen-bond acceptors (Lipinski definition) is 5. The average Bonchev–Trinajstić information content (AvgIpc) is 2.71. The van der Waals surface area contributed by atoms with Crippen LogP contribution in [0.3, 0.4) is 0 Å². The fraction of sp³-hybridized carbons (Fsp3) is 0.600. The number of carbonyl (C=O) groups excluding carboxylic acids is 2. The average molecular weight is 375 g/mol. The predicted octanol–water partition coefficient (Wildman–Crippen LogP) is 1.28. The lowest BCUT2D eigenvalue weighted by Crippen LogP contribution is -2.57. The SMILES string of the molecule is CCCOc1ccc(OCC(=O)N2CCCC(N3CCNCC3=O)C2)cc1. The number of nitrogens with one attached hydrogen (secondary N) is 1. The molecule has 1 aromatic rings. The van der Waals surface area contributed by atoms with Crippen LogP contribution in [0.25, 0.3) is 0 Å². The van der Waals surface area contributed by atoms with Gasteiger partial charge in [-0.05, 0) is 43.5 Å². The van der Waals surface area contributed by atoms with Crippen LogP contribution in [0.5, 0.6) is 11.5 Å². The zero-order valence-corrected chi connectivity index (χ0v) is 16.0. The minimum atomic E-state index is -0.0337. The molecule has 2 fully saturated rings. The smallest absolute Gasteiger partial charge is 0.260 e. The third-order valence-electron chi connectivity index (χ3n) is 4.97. The van der Waals surface area contributed by atoms with Crippen molar-refractivity contribution in [1.29, 1.82) is 0 Å². The molecule has 7 nitrogen and oxygen atoms in total. The number of piperidine rings is 1. The molecule has 2 aliphatic heterocycles. The van der Waals surface area contributed by atoms with E-state index in [4.69, 9.17) is 9.47 Å². The molecule has 3 rings (SSSR count). The Balaban J connectivity index is 1.48. The Morgan fingerprint density at radius 1 is 1.19 bits per heavy atom. The second-order valence-electron chi connectivity index (χ2n) is 7.01. The Hall–Kier alpha value is -2.28. The Morgan fingerprint density at radius 3 is 2.63 bits per heavy atom. The Bertz CT molecular complexity index is 635. The van der Waals surface area contributed by atoms with Crippen molar-refractivity contribution < 1.29 is 19.1 Å². The maximum absolute atomic E-state index is 12.6. The van der Waals surface area contributed by atoms with Crippen LogP contribution in [-0.4, -0.2) is 73.6 Å². The van der Waals surface area contributed by atoms with Gasteiger partial charge in [-0.2, -0.15) is 0 Å². The van der Waals surface area contributed by atoms with Gasteiger partial charge in [0.2, 0.25) is 5.91 Å². The van der Waals surface area contributed by atoms with Gasteiger partial charge < -0.3 is 24.6 Å². The second-order valence-corrected chi connectivity index (χ2v) is 7.01. The zero-order valence-electron chi connectivity index (χ0n) is 16.0. The first-order valence-electron chi connectivity index (χ1n) is 9.81. The third-order valence-corrected chi connectivity index (χ3v) is 4.97. The number of likely N-dealkylation sites (tertiary alicyclic amines) is 1. The minimum absolute atomic E-state index is 0.0113. The number of rotatable bonds is 7. The molecule has 1 unspecified atom stereocenters. The van der Waals surface area contributed by atoms with Gasteiger partial charge >= 0.3 is 0 Å². The summed E-state index contributed by atoms with van der Waals surface area (Å²) >= 11 is 0. The molecule has 148 valence electrons. The highest BCUT2D eigenvalue weighted by molar-refractivity contribution is 5.80. The van der Waals surface area contributed by atoms with Crippen LogP contribution in [0.15, 0.2) is 24.3 Å². The molecule has 27 heavy (non-hydrogen) atoms. The van der Waals surface area contributed by atoms with Crippen molar-refractivity contribution in [1.82, 2.24) is 15.1 Å². The van der Waals surface area contributed by atoms with E-state index in [0.717, 1.165) is 38.1 Å². The lowest BCUT2D eigenvalue weighted by Gasteiger charge is -2.41. The molecular weight excluding hydrogens is 346 g/mol. The summed E-state index contributed by atoms with van der Waals surface area (Å²) in [5.74, 6) is 1.55. The largest absolute Gasteiger partial charge is 0.494 e. The fourth-order valence-electron chi connectivity index (χ4n) is 3.53. The summed E-state index contributed by atoms with van der Waals surface area (Å²) < 4.78 is 11.2. The van der Waals surface area contributed by atoms with E-state index in [9.17, 15) is 9.59 Å². The van der Waals surface area contributed by atoms with Gasteiger partial charge in [0.15, 0.2) is 6.61 Å². The molecule has 1 atom stereocenters. The Morgan fingerprint density at radius 2 is 1.93 bits per heavy atom. The van der Waals surface area contributed by atoms with E-state index < -0.39 is 0 Å². The predicted molar refractivity (Wildman–Crippen MR) is 102 cm³/mol. The van der Waals surface area contributed by atoms with Crippen LogP contribution in [0.4, 0.5) is 0 Å². The molecule has 0 radical (unpaired) electrons. The van der Waals surface area contributed by atoms with Gasteiger partial charge in [-0.25, -0.2) is 0 Å². The van der Waals surface area contributed by atoms with E-state index in [0.29, 0.717) is 32.0 Å². The van der Waals surface area contributed by atoms with Crippen LogP contribution in [-0.2, 0) is 9.59 Å². The first-order valence-corrected chi connectivity index (χ1v) is 9.81. The monoisotopic (exact) mass is 375 g/mol. The number of nitrogens with zero attached hydrogens (tertiary/aromatic N) is 2. The van der Waals surface area contributed by atoms with Crippen molar-refractivity contribution in [2.24, 2.45) is 0 Å². The number of ether oxygens (including phenoxy) is 2. The molecule has 0 spiro atoms. The molecule has 0 saturated carbocycles. The fourth-order valence-corrected chi connectivity index (χ4v) is 3.53. The highest BCUT2D eigenvalue weighted by atomic mass is 16.5. The van der Waals surface area contributed by atoms with Crippen molar-refractivity contribution in [2.45, 2.75) is 32.2 Å². The maximum Gasteiger partial charge on any atom is 0.260 e. The van der Waals surface area contributed by atoms with E-state index >= 15 is 0 Å². The zero-order chi connectivity index (χ0) is 19.1. The minimum Gasteiger partial charge on any atom is -0.494 e. The van der Waals surface area contributed by atoms with Crippen molar-refractivity contribution in [3.8, 4) is 11.5 Å². The first-order chi connectivity index (χ1) is 13.2. The lowest BCUT2D eigenvalue weighted by atomic mass is 10.0. The van der Waals surface area contributed by atoms with E-state index in [-0.39, 0.29) is 24.5 Å². The number of piperazine rings is 1. The highest BCUT2D eigenvalue weighted by Crippen LogP contribution is 2.19. The van der Waals surface area contributed by atoms with Crippen molar-refractivity contribution in [3.05, 3.63) is 24.3 Å². The van der Waals surface area contributed by atoms with Crippen LogP contribution >= 0.6 is 0 Å². The summed E-state index contributed by atoms with van der Waals surface area (Å²) in [5.41, 5.74) is 0. The molecular formula is C20H29N3O4. The summed E-state index contributed by atoms with van der Waals surface area (Å²) in [6, 6.07) is 7.45. The molecule has 1 aromatic carbocycles. The van der Waals surface area contributed by atoms with Gasteiger partial charge in [-0.3, -0.25) is 9.59 Å².